The van der Waals surface area contributed by atoms with E-state index in [0.29, 0.717) is 11.7 Å². The van der Waals surface area contributed by atoms with Gasteiger partial charge in [0.05, 0.1) is 30.7 Å². The van der Waals surface area contributed by atoms with Crippen molar-refractivity contribution < 1.29 is 4.74 Å². The third kappa shape index (κ3) is 4.70. The van der Waals surface area contributed by atoms with Crippen molar-refractivity contribution in [2.45, 2.75) is 34.2 Å². The van der Waals surface area contributed by atoms with Gasteiger partial charge >= 0.3 is 0 Å². The zero-order chi connectivity index (χ0) is 20.3. The van der Waals surface area contributed by atoms with Gasteiger partial charge in [-0.2, -0.15) is 5.10 Å². The molecule has 1 aromatic heterocycles. The highest BCUT2D eigenvalue weighted by Crippen LogP contribution is 2.22. The monoisotopic (exact) mass is 394 g/mol. The van der Waals surface area contributed by atoms with Crippen LogP contribution in [0, 0.1) is 27.7 Å². The molecule has 0 saturated heterocycles. The van der Waals surface area contributed by atoms with Gasteiger partial charge in [-0.25, -0.2) is 0 Å². The maximum Gasteiger partial charge on any atom is 0.175 e. The molecule has 3 aromatic rings. The minimum Gasteiger partial charge on any atom is -0.497 e. The minimum atomic E-state index is 0.553. The normalized spacial score (nSPS) is 10.6. The largest absolute Gasteiger partial charge is 0.497 e. The molecule has 0 bridgehead atoms. The van der Waals surface area contributed by atoms with Crippen LogP contribution < -0.4 is 15.4 Å². The summed E-state index contributed by atoms with van der Waals surface area (Å²) in [7, 11) is 1.67. The van der Waals surface area contributed by atoms with Gasteiger partial charge in [-0.1, -0.05) is 18.2 Å². The molecule has 0 aliphatic carbocycles. The first-order chi connectivity index (χ1) is 13.4. The summed E-state index contributed by atoms with van der Waals surface area (Å²) in [5.41, 5.74) is 7.38. The molecule has 3 rings (SSSR count). The summed E-state index contributed by atoms with van der Waals surface area (Å²) in [5.74, 6) is 0.844. The molecule has 146 valence electrons. The Morgan fingerprint density at radius 2 is 1.75 bits per heavy atom. The van der Waals surface area contributed by atoms with E-state index in [9.17, 15) is 0 Å². The molecule has 5 nitrogen and oxygen atoms in total. The lowest BCUT2D eigenvalue weighted by molar-refractivity contribution is 0.414. The molecule has 2 aromatic carbocycles. The number of rotatable bonds is 5. The molecular weight excluding hydrogens is 368 g/mol. The Morgan fingerprint density at radius 3 is 2.43 bits per heavy atom. The average Bonchev–Trinajstić information content (AvgIpc) is 2.88. The quantitative estimate of drug-likeness (QED) is 0.598. The van der Waals surface area contributed by atoms with E-state index in [1.54, 1.807) is 7.11 Å². The summed E-state index contributed by atoms with van der Waals surface area (Å²) in [6, 6.07) is 14.3. The molecule has 6 heteroatoms. The van der Waals surface area contributed by atoms with Crippen molar-refractivity contribution in [2.24, 2.45) is 0 Å². The van der Waals surface area contributed by atoms with E-state index in [0.717, 1.165) is 34.1 Å². The lowest BCUT2D eigenvalue weighted by atomic mass is 10.1. The first-order valence-corrected chi connectivity index (χ1v) is 9.60. The van der Waals surface area contributed by atoms with Crippen LogP contribution in [0.1, 0.15) is 28.1 Å². The van der Waals surface area contributed by atoms with Crippen molar-refractivity contribution in [3.63, 3.8) is 0 Å². The Labute approximate surface area is 171 Å². The van der Waals surface area contributed by atoms with Crippen LogP contribution in [0.15, 0.2) is 42.5 Å². The zero-order valence-corrected chi connectivity index (χ0v) is 17.8. The van der Waals surface area contributed by atoms with Gasteiger partial charge in [-0.3, -0.25) is 4.68 Å². The number of aromatic nitrogens is 2. The second-order valence-corrected chi connectivity index (χ2v) is 7.42. The Bertz CT molecular complexity index is 990. The fraction of sp³-hybridized carbons (Fsp3) is 0.273. The van der Waals surface area contributed by atoms with Crippen LogP contribution in [-0.2, 0) is 6.54 Å². The Morgan fingerprint density at radius 1 is 1.04 bits per heavy atom. The van der Waals surface area contributed by atoms with Gasteiger partial charge in [-0.05, 0) is 80.9 Å². The van der Waals surface area contributed by atoms with Crippen molar-refractivity contribution >= 4 is 28.7 Å². The molecule has 0 aliphatic heterocycles. The van der Waals surface area contributed by atoms with Gasteiger partial charge < -0.3 is 15.4 Å². The van der Waals surface area contributed by atoms with E-state index in [1.165, 1.54) is 11.1 Å². The van der Waals surface area contributed by atoms with E-state index in [4.69, 9.17) is 17.0 Å². The van der Waals surface area contributed by atoms with Gasteiger partial charge in [0.2, 0.25) is 0 Å². The molecule has 0 spiro atoms. The topological polar surface area (TPSA) is 51.1 Å². The number of nitrogens with one attached hydrogen (secondary N) is 2. The first-order valence-electron chi connectivity index (χ1n) is 9.19. The lowest BCUT2D eigenvalue weighted by Gasteiger charge is -2.12. The van der Waals surface area contributed by atoms with Gasteiger partial charge in [-0.15, -0.1) is 0 Å². The summed E-state index contributed by atoms with van der Waals surface area (Å²) in [6.07, 6.45) is 0. The van der Waals surface area contributed by atoms with Crippen LogP contribution in [0.2, 0.25) is 0 Å². The molecular formula is C22H26N4OS. The minimum absolute atomic E-state index is 0.553. The number of ether oxygens (including phenoxy) is 1. The maximum absolute atomic E-state index is 5.52. The van der Waals surface area contributed by atoms with Gasteiger partial charge in [0.15, 0.2) is 5.11 Å². The zero-order valence-electron chi connectivity index (χ0n) is 17.0. The number of benzene rings is 2. The van der Waals surface area contributed by atoms with E-state index >= 15 is 0 Å². The molecule has 0 saturated carbocycles. The lowest BCUT2D eigenvalue weighted by Crippen LogP contribution is -2.20. The third-order valence-corrected chi connectivity index (χ3v) is 4.77. The van der Waals surface area contributed by atoms with Crippen LogP contribution in [-0.4, -0.2) is 22.0 Å². The SMILES string of the molecule is COc1cccc(Cn2nc(C)c(NC(=S)Nc3cc(C)cc(C)c3)c2C)c1. The molecule has 28 heavy (non-hydrogen) atoms. The van der Waals surface area contributed by atoms with Gasteiger partial charge in [0.25, 0.3) is 0 Å². The fourth-order valence-electron chi connectivity index (χ4n) is 3.30. The smallest absolute Gasteiger partial charge is 0.175 e. The van der Waals surface area contributed by atoms with E-state index in [-0.39, 0.29) is 0 Å². The number of anilines is 2. The predicted molar refractivity (Wildman–Crippen MR) is 120 cm³/mol. The number of aryl methyl sites for hydroxylation is 3. The highest BCUT2D eigenvalue weighted by Gasteiger charge is 2.13. The van der Waals surface area contributed by atoms with Crippen molar-refractivity contribution in [3.05, 3.63) is 70.5 Å². The highest BCUT2D eigenvalue weighted by atomic mass is 32.1. The Balaban J connectivity index is 1.74. The average molecular weight is 395 g/mol. The highest BCUT2D eigenvalue weighted by molar-refractivity contribution is 7.80. The van der Waals surface area contributed by atoms with E-state index in [2.05, 4.69) is 53.8 Å². The Kier molecular flexibility index (Phi) is 5.99. The Hall–Kier alpha value is -2.86. The molecule has 0 fully saturated rings. The second kappa shape index (κ2) is 8.44. The number of hydrogen-bond acceptors (Lipinski definition) is 3. The van der Waals surface area contributed by atoms with Crippen molar-refractivity contribution in [3.8, 4) is 5.75 Å². The third-order valence-electron chi connectivity index (χ3n) is 4.57. The molecule has 0 radical (unpaired) electrons. The van der Waals surface area contributed by atoms with Crippen LogP contribution in [0.5, 0.6) is 5.75 Å². The van der Waals surface area contributed by atoms with Crippen molar-refractivity contribution in [2.75, 3.05) is 17.7 Å². The summed E-state index contributed by atoms with van der Waals surface area (Å²) in [6.45, 7) is 8.85. The van der Waals surface area contributed by atoms with Crippen molar-refractivity contribution in [1.82, 2.24) is 9.78 Å². The first kappa shape index (κ1) is 19.9. The molecule has 0 aliphatic rings. The summed E-state index contributed by atoms with van der Waals surface area (Å²) in [4.78, 5) is 0. The van der Waals surface area contributed by atoms with Crippen LogP contribution >= 0.6 is 12.2 Å². The molecule has 0 amide bonds. The second-order valence-electron chi connectivity index (χ2n) is 7.01. The van der Waals surface area contributed by atoms with E-state index in [1.807, 2.05) is 36.7 Å². The molecule has 0 atom stereocenters. The molecule has 1 heterocycles. The number of methoxy groups -OCH3 is 1. The number of hydrogen-bond donors (Lipinski definition) is 2. The summed E-state index contributed by atoms with van der Waals surface area (Å²) < 4.78 is 7.29. The van der Waals surface area contributed by atoms with Crippen LogP contribution in [0.3, 0.4) is 0 Å². The summed E-state index contributed by atoms with van der Waals surface area (Å²) >= 11 is 5.52. The molecule has 0 unspecified atom stereocenters. The maximum atomic E-state index is 5.52. The number of thiocarbonyl (C=S) groups is 1. The van der Waals surface area contributed by atoms with Gasteiger partial charge in [0.1, 0.15) is 5.75 Å². The van der Waals surface area contributed by atoms with Crippen molar-refractivity contribution in [1.29, 1.82) is 0 Å². The van der Waals surface area contributed by atoms with Gasteiger partial charge in [0, 0.05) is 5.69 Å². The molecule has 2 N–H and O–H groups in total. The summed E-state index contributed by atoms with van der Waals surface area (Å²) in [5, 5.41) is 11.8. The van der Waals surface area contributed by atoms with Crippen LogP contribution in [0.25, 0.3) is 0 Å². The van der Waals surface area contributed by atoms with E-state index < -0.39 is 0 Å². The predicted octanol–water partition coefficient (Wildman–Crippen LogP) is 4.98. The fourth-order valence-corrected chi connectivity index (χ4v) is 3.52. The van der Waals surface area contributed by atoms with Crippen LogP contribution in [0.4, 0.5) is 11.4 Å². The number of nitrogens with zero attached hydrogens (tertiary/aromatic N) is 2. The standard InChI is InChI=1S/C22H26N4OS/c1-14-9-15(2)11-19(10-14)23-22(28)24-21-16(3)25-26(17(21)4)13-18-7-6-8-20(12-18)27-5/h6-12H,13H2,1-5H3,(H2,23,24,28).